The summed E-state index contributed by atoms with van der Waals surface area (Å²) in [7, 11) is -3.49. The molecule has 0 bridgehead atoms. The third-order valence-corrected chi connectivity index (χ3v) is 5.24. The Kier molecular flexibility index (Phi) is 6.17. The van der Waals surface area contributed by atoms with E-state index >= 15 is 0 Å². The lowest BCUT2D eigenvalue weighted by atomic mass is 10.1. The predicted octanol–water partition coefficient (Wildman–Crippen LogP) is 1.89. The van der Waals surface area contributed by atoms with Gasteiger partial charge in [0.1, 0.15) is 0 Å². The molecule has 0 aliphatic rings. The topological polar surface area (TPSA) is 114 Å². The number of nitrogens with one attached hydrogen (secondary N) is 2. The lowest BCUT2D eigenvalue weighted by Crippen LogP contribution is -2.34. The monoisotopic (exact) mass is 400 g/mol. The summed E-state index contributed by atoms with van der Waals surface area (Å²) in [5.74, 6) is 0.343. The zero-order valence-electron chi connectivity index (χ0n) is 15.3. The van der Waals surface area contributed by atoms with Crippen molar-refractivity contribution >= 4 is 15.9 Å². The van der Waals surface area contributed by atoms with E-state index in [4.69, 9.17) is 4.52 Å². The third-order valence-electron chi connectivity index (χ3n) is 3.92. The molecule has 0 radical (unpaired) electrons. The van der Waals surface area contributed by atoms with Crippen LogP contribution in [0.1, 0.15) is 21.7 Å². The molecule has 0 atom stereocenters. The maximum absolute atomic E-state index is 12.2. The number of aromatic nitrogens is 2. The summed E-state index contributed by atoms with van der Waals surface area (Å²) in [4.78, 5) is 16.3. The van der Waals surface area contributed by atoms with Crippen LogP contribution < -0.4 is 10.0 Å². The maximum Gasteiger partial charge on any atom is 0.257 e. The van der Waals surface area contributed by atoms with Crippen molar-refractivity contribution in [2.75, 3.05) is 12.3 Å². The molecule has 0 aliphatic carbocycles. The second-order valence-electron chi connectivity index (χ2n) is 6.11. The van der Waals surface area contributed by atoms with Gasteiger partial charge < -0.3 is 9.84 Å². The minimum Gasteiger partial charge on any atom is -0.351 e. The van der Waals surface area contributed by atoms with Crippen LogP contribution in [0.15, 0.2) is 59.1 Å². The summed E-state index contributed by atoms with van der Waals surface area (Å²) in [6.07, 6.45) is 0. The summed E-state index contributed by atoms with van der Waals surface area (Å²) in [5.41, 5.74) is 1.98. The number of benzene rings is 2. The van der Waals surface area contributed by atoms with Gasteiger partial charge in [-0.2, -0.15) is 4.98 Å². The zero-order valence-corrected chi connectivity index (χ0v) is 16.1. The van der Waals surface area contributed by atoms with Gasteiger partial charge in [-0.3, -0.25) is 4.79 Å². The van der Waals surface area contributed by atoms with Crippen molar-refractivity contribution in [1.29, 1.82) is 0 Å². The Morgan fingerprint density at radius 1 is 1.07 bits per heavy atom. The Morgan fingerprint density at radius 3 is 2.43 bits per heavy atom. The van der Waals surface area contributed by atoms with Crippen molar-refractivity contribution in [2.45, 2.75) is 13.5 Å². The zero-order chi connectivity index (χ0) is 20.0. The number of sulfonamides is 1. The summed E-state index contributed by atoms with van der Waals surface area (Å²) < 4.78 is 31.7. The van der Waals surface area contributed by atoms with Crippen LogP contribution in [-0.4, -0.2) is 36.8 Å². The van der Waals surface area contributed by atoms with E-state index in [1.165, 1.54) is 0 Å². The fourth-order valence-corrected chi connectivity index (χ4v) is 3.34. The van der Waals surface area contributed by atoms with Gasteiger partial charge in [-0.05, 0) is 36.8 Å². The summed E-state index contributed by atoms with van der Waals surface area (Å²) in [6.45, 7) is 1.94. The molecule has 146 valence electrons. The molecule has 9 heteroatoms. The Labute approximate surface area is 163 Å². The van der Waals surface area contributed by atoms with Crippen LogP contribution in [0, 0.1) is 6.92 Å². The Morgan fingerprint density at radius 2 is 1.79 bits per heavy atom. The van der Waals surface area contributed by atoms with Gasteiger partial charge in [0.25, 0.3) is 11.8 Å². The highest BCUT2D eigenvalue weighted by molar-refractivity contribution is 7.89. The molecule has 8 nitrogen and oxygen atoms in total. The molecule has 2 N–H and O–H groups in total. The molecule has 0 unspecified atom stereocenters. The second kappa shape index (κ2) is 8.77. The molecular formula is C19H20N4O4S. The minimum atomic E-state index is -3.49. The molecular weight excluding hydrogens is 380 g/mol. The standard InChI is InChI=1S/C19H20N4O4S/c1-14-22-19(27-23-14)17-9-7-16(8-10-17)18(24)20-11-12-28(25,26)21-13-15-5-3-2-4-6-15/h2-10,21H,11-13H2,1H3,(H,20,24). The van der Waals surface area contributed by atoms with Crippen molar-refractivity contribution in [3.8, 4) is 11.5 Å². The number of rotatable bonds is 8. The molecule has 0 saturated carbocycles. The highest BCUT2D eigenvalue weighted by atomic mass is 32.2. The lowest BCUT2D eigenvalue weighted by molar-refractivity contribution is 0.0956. The minimum absolute atomic E-state index is 0.00750. The van der Waals surface area contributed by atoms with E-state index in [0.717, 1.165) is 5.56 Å². The van der Waals surface area contributed by atoms with Gasteiger partial charge in [0.05, 0.1) is 5.75 Å². The van der Waals surface area contributed by atoms with Crippen LogP contribution in [0.3, 0.4) is 0 Å². The van der Waals surface area contributed by atoms with Crippen molar-refractivity contribution in [1.82, 2.24) is 20.2 Å². The number of hydrogen-bond donors (Lipinski definition) is 2. The number of amides is 1. The van der Waals surface area contributed by atoms with Crippen molar-refractivity contribution in [2.24, 2.45) is 0 Å². The van der Waals surface area contributed by atoms with E-state index in [0.29, 0.717) is 22.8 Å². The number of nitrogens with zero attached hydrogens (tertiary/aromatic N) is 2. The van der Waals surface area contributed by atoms with Crippen molar-refractivity contribution < 1.29 is 17.7 Å². The van der Waals surface area contributed by atoms with Gasteiger partial charge in [0, 0.05) is 24.2 Å². The van der Waals surface area contributed by atoms with Crippen LogP contribution in [0.25, 0.3) is 11.5 Å². The highest BCUT2D eigenvalue weighted by Crippen LogP contribution is 2.17. The van der Waals surface area contributed by atoms with Crippen LogP contribution in [-0.2, 0) is 16.6 Å². The molecule has 1 amide bonds. The first-order valence-electron chi connectivity index (χ1n) is 8.63. The first kappa shape index (κ1) is 19.7. The van der Waals surface area contributed by atoms with E-state index in [1.54, 1.807) is 31.2 Å². The Balaban J connectivity index is 1.48. The van der Waals surface area contributed by atoms with Crippen molar-refractivity contribution in [3.63, 3.8) is 0 Å². The first-order valence-corrected chi connectivity index (χ1v) is 10.3. The normalized spacial score (nSPS) is 11.3. The van der Waals surface area contributed by atoms with E-state index < -0.39 is 10.0 Å². The summed E-state index contributed by atoms with van der Waals surface area (Å²) >= 11 is 0. The van der Waals surface area contributed by atoms with E-state index in [9.17, 15) is 13.2 Å². The molecule has 0 aliphatic heterocycles. The van der Waals surface area contributed by atoms with Crippen LogP contribution in [0.5, 0.6) is 0 Å². The summed E-state index contributed by atoms with van der Waals surface area (Å²) in [5, 5.41) is 6.33. The first-order chi connectivity index (χ1) is 13.4. The summed E-state index contributed by atoms with van der Waals surface area (Å²) in [6, 6.07) is 15.8. The lowest BCUT2D eigenvalue weighted by Gasteiger charge is -2.08. The van der Waals surface area contributed by atoms with Crippen molar-refractivity contribution in [3.05, 3.63) is 71.5 Å². The Bertz CT molecular complexity index is 1030. The van der Waals surface area contributed by atoms with Gasteiger partial charge in [0.2, 0.25) is 10.0 Å². The highest BCUT2D eigenvalue weighted by Gasteiger charge is 2.12. The SMILES string of the molecule is Cc1noc(-c2ccc(C(=O)NCCS(=O)(=O)NCc3ccccc3)cc2)n1. The van der Waals surface area contributed by atoms with Gasteiger partial charge in [-0.1, -0.05) is 35.5 Å². The molecule has 1 aromatic heterocycles. The fraction of sp³-hybridized carbons (Fsp3) is 0.211. The quantitative estimate of drug-likeness (QED) is 0.597. The van der Waals surface area contributed by atoms with Crippen LogP contribution in [0.2, 0.25) is 0 Å². The third kappa shape index (κ3) is 5.48. The number of carbonyl (C=O) groups excluding carboxylic acids is 1. The molecule has 2 aromatic carbocycles. The number of aryl methyl sites for hydroxylation is 1. The van der Waals surface area contributed by atoms with E-state index in [2.05, 4.69) is 20.2 Å². The fourth-order valence-electron chi connectivity index (χ4n) is 2.44. The second-order valence-corrected chi connectivity index (χ2v) is 8.03. The van der Waals surface area contributed by atoms with Gasteiger partial charge in [0.15, 0.2) is 5.82 Å². The van der Waals surface area contributed by atoms with E-state index in [1.807, 2.05) is 30.3 Å². The Hall–Kier alpha value is -3.04. The smallest absolute Gasteiger partial charge is 0.257 e. The maximum atomic E-state index is 12.2. The molecule has 0 fully saturated rings. The van der Waals surface area contributed by atoms with Gasteiger partial charge in [-0.25, -0.2) is 13.1 Å². The molecule has 3 rings (SSSR count). The molecule has 0 spiro atoms. The molecule has 1 heterocycles. The van der Waals surface area contributed by atoms with Crippen LogP contribution in [0.4, 0.5) is 0 Å². The number of hydrogen-bond acceptors (Lipinski definition) is 6. The average Bonchev–Trinajstić information content (AvgIpc) is 3.13. The predicted molar refractivity (Wildman–Crippen MR) is 104 cm³/mol. The number of carbonyl (C=O) groups is 1. The average molecular weight is 400 g/mol. The van der Waals surface area contributed by atoms with Gasteiger partial charge >= 0.3 is 0 Å². The molecule has 0 saturated heterocycles. The van der Waals surface area contributed by atoms with Crippen LogP contribution >= 0.6 is 0 Å². The largest absolute Gasteiger partial charge is 0.351 e. The van der Waals surface area contributed by atoms with E-state index in [-0.39, 0.29) is 24.7 Å². The van der Waals surface area contributed by atoms with Gasteiger partial charge in [-0.15, -0.1) is 0 Å². The molecule has 28 heavy (non-hydrogen) atoms. The molecule has 3 aromatic rings.